The van der Waals surface area contributed by atoms with E-state index in [0.717, 1.165) is 0 Å². The lowest BCUT2D eigenvalue weighted by molar-refractivity contribution is 0.460. The summed E-state index contributed by atoms with van der Waals surface area (Å²) in [5.74, 6) is 0. The van der Waals surface area contributed by atoms with E-state index in [9.17, 15) is 50.5 Å². The van der Waals surface area contributed by atoms with E-state index < -0.39 is 54.9 Å². The van der Waals surface area contributed by atoms with Crippen LogP contribution in [0.1, 0.15) is 0 Å². The first-order valence-electron chi connectivity index (χ1n) is 3.60. The first-order valence-corrected chi connectivity index (χ1v) is 13.8. The summed E-state index contributed by atoms with van der Waals surface area (Å²) in [4.78, 5) is 0. The van der Waals surface area contributed by atoms with Gasteiger partial charge in [0.2, 0.25) is 0 Å². The molecule has 0 saturated heterocycles. The van der Waals surface area contributed by atoms with E-state index in [4.69, 9.17) is 27.3 Å². The molecule has 2 unspecified atom stereocenters. The summed E-state index contributed by atoms with van der Waals surface area (Å²) in [6, 6.07) is 0. The third kappa shape index (κ3) is 17.7. The Morgan fingerprint density at radius 1 is 0.269 bits per heavy atom. The molecular formula is H12O18P2S6. The fourth-order valence-electron chi connectivity index (χ4n) is 0. The number of rotatable bonds is 3. The average molecular weight is 554 g/mol. The van der Waals surface area contributed by atoms with Gasteiger partial charge in [0.05, 0.1) is 0 Å². The molecule has 0 amide bonds. The molecule has 0 radical (unpaired) electrons. The lowest BCUT2D eigenvalue weighted by atomic mass is 15.9. The molecule has 0 saturated carbocycles. The van der Waals surface area contributed by atoms with Gasteiger partial charge in [-0.15, -0.1) is 0 Å². The molecule has 166 valence electrons. The lowest BCUT2D eigenvalue weighted by Gasteiger charge is -1.84. The van der Waals surface area contributed by atoms with Gasteiger partial charge in [-0.1, -0.05) is 0 Å². The summed E-state index contributed by atoms with van der Waals surface area (Å²) in [5, 5.41) is 0. The van der Waals surface area contributed by atoms with Gasteiger partial charge < -0.3 is 0 Å². The minimum Gasteiger partial charge on any atom is -0.272 e. The summed E-state index contributed by atoms with van der Waals surface area (Å²) in [6.07, 6.45) is 0. The van der Waals surface area contributed by atoms with Crippen LogP contribution in [0.25, 0.3) is 0 Å². The zero-order chi connectivity index (χ0) is 21.0. The van der Waals surface area contributed by atoms with Crippen LogP contribution in [-0.2, 0) is 54.9 Å². The van der Waals surface area contributed by atoms with Crippen molar-refractivity contribution in [2.75, 3.05) is 0 Å². The van der Waals surface area contributed by atoms with Crippen molar-refractivity contribution in [2.24, 2.45) is 0 Å². The van der Waals surface area contributed by atoms with Crippen molar-refractivity contribution in [3.8, 4) is 0 Å². The van der Waals surface area contributed by atoms with Gasteiger partial charge in [0.25, 0.3) is 0 Å². The molecule has 26 heteroatoms. The average Bonchev–Trinajstić information content (AvgIpc) is 2.08. The largest absolute Gasteiger partial charge is 0.397 e. The van der Waals surface area contributed by atoms with Crippen LogP contribution in [0, 0.1) is 0 Å². The second kappa shape index (κ2) is 11.4. The SMILES string of the molecule is O=S(=O)(O)S(=O)(=O)O.O=S(=O)(O)S(=O)(=O)O.O=S(=O)(O)S(=O)(=O)O.P.P. The molecule has 6 N–H and O–H groups in total. The first kappa shape index (κ1) is 37.1. The Hall–Kier alpha value is 0.320. The Morgan fingerprint density at radius 3 is 0.308 bits per heavy atom. The van der Waals surface area contributed by atoms with Crippen molar-refractivity contribution in [3.63, 3.8) is 0 Å². The maximum atomic E-state index is 9.37. The van der Waals surface area contributed by atoms with Gasteiger partial charge in [-0.25, -0.2) is 0 Å². The highest BCUT2D eigenvalue weighted by molar-refractivity contribution is 8.63. The molecule has 0 aliphatic carbocycles. The molecular weight excluding hydrogens is 542 g/mol. The van der Waals surface area contributed by atoms with E-state index in [1.165, 1.54) is 0 Å². The monoisotopic (exact) mass is 554 g/mol. The van der Waals surface area contributed by atoms with Crippen LogP contribution in [0.4, 0.5) is 0 Å². The molecule has 0 aromatic heterocycles. The predicted octanol–water partition coefficient (Wildman–Crippen LogP) is -3.85. The molecule has 0 aromatic carbocycles. The van der Waals surface area contributed by atoms with Crippen LogP contribution >= 0.6 is 19.8 Å². The Morgan fingerprint density at radius 2 is 0.308 bits per heavy atom. The summed E-state index contributed by atoms with van der Waals surface area (Å²) < 4.78 is 157. The number of hydrogen-bond acceptors (Lipinski definition) is 12. The van der Waals surface area contributed by atoms with Crippen molar-refractivity contribution in [1.29, 1.82) is 0 Å². The summed E-state index contributed by atoms with van der Waals surface area (Å²) in [6.45, 7) is 0. The third-order valence-corrected chi connectivity index (χ3v) is 7.19. The summed E-state index contributed by atoms with van der Waals surface area (Å²) in [7, 11) is -31.9. The standard InChI is InChI=1S/3H2O6S2.2H3P/c3*1-7(2,3)8(4,5)6;;/h3*(H,1,2,3)(H,4,5,6);2*1H3. The maximum Gasteiger partial charge on any atom is 0.397 e. The van der Waals surface area contributed by atoms with Gasteiger partial charge in [-0.2, -0.15) is 70.3 Å². The Kier molecular flexibility index (Phi) is 16.2. The van der Waals surface area contributed by atoms with Gasteiger partial charge in [-0.3, -0.25) is 27.3 Å². The summed E-state index contributed by atoms with van der Waals surface area (Å²) >= 11 is 0. The van der Waals surface area contributed by atoms with Crippen LogP contribution in [0.3, 0.4) is 0 Å². The molecule has 0 bridgehead atoms. The van der Waals surface area contributed by atoms with Crippen LogP contribution in [0.2, 0.25) is 0 Å². The highest BCUT2D eigenvalue weighted by atomic mass is 33.2. The Labute approximate surface area is 152 Å². The minimum atomic E-state index is -5.31. The normalized spacial score (nSPS) is 12.7. The molecule has 0 aliphatic rings. The predicted molar refractivity (Wildman–Crippen MR) is 91.5 cm³/mol. The topological polar surface area (TPSA) is 326 Å². The fourth-order valence-corrected chi connectivity index (χ4v) is 0. The smallest absolute Gasteiger partial charge is 0.272 e. The molecule has 0 aromatic rings. The summed E-state index contributed by atoms with van der Waals surface area (Å²) in [5.41, 5.74) is 0. The van der Waals surface area contributed by atoms with Crippen molar-refractivity contribution in [1.82, 2.24) is 0 Å². The zero-order valence-corrected chi connectivity index (χ0v) is 19.2. The molecule has 0 rings (SSSR count). The van der Waals surface area contributed by atoms with Crippen LogP contribution in [-0.4, -0.2) is 77.8 Å². The Bertz CT molecular complexity index is 810. The van der Waals surface area contributed by atoms with Crippen LogP contribution < -0.4 is 0 Å². The van der Waals surface area contributed by atoms with Gasteiger partial charge in [0.1, 0.15) is 0 Å². The van der Waals surface area contributed by atoms with E-state index in [1.54, 1.807) is 0 Å². The van der Waals surface area contributed by atoms with E-state index >= 15 is 0 Å². The second-order valence-electron chi connectivity index (χ2n) is 2.57. The highest BCUT2D eigenvalue weighted by Crippen LogP contribution is 1.92. The van der Waals surface area contributed by atoms with Gasteiger partial charge in [0.15, 0.2) is 0 Å². The van der Waals surface area contributed by atoms with Crippen molar-refractivity contribution in [2.45, 2.75) is 0 Å². The van der Waals surface area contributed by atoms with Gasteiger partial charge in [0, 0.05) is 0 Å². The van der Waals surface area contributed by atoms with E-state index in [1.807, 2.05) is 0 Å². The molecule has 0 aliphatic heterocycles. The molecule has 0 spiro atoms. The molecule has 0 heterocycles. The molecule has 0 fully saturated rings. The van der Waals surface area contributed by atoms with Crippen molar-refractivity contribution >= 4 is 74.7 Å². The van der Waals surface area contributed by atoms with E-state index in [-0.39, 0.29) is 19.8 Å². The first-order chi connectivity index (χ1) is 9.75. The van der Waals surface area contributed by atoms with Gasteiger partial charge in [-0.05, 0) is 0 Å². The van der Waals surface area contributed by atoms with E-state index in [2.05, 4.69) is 0 Å². The fraction of sp³-hybridized carbons (Fsp3) is 0. The molecule has 26 heavy (non-hydrogen) atoms. The van der Waals surface area contributed by atoms with Crippen LogP contribution in [0.5, 0.6) is 0 Å². The van der Waals surface area contributed by atoms with Crippen molar-refractivity contribution in [3.05, 3.63) is 0 Å². The quantitative estimate of drug-likeness (QED) is 0.110. The van der Waals surface area contributed by atoms with E-state index in [0.29, 0.717) is 0 Å². The minimum absolute atomic E-state index is 0. The van der Waals surface area contributed by atoms with Gasteiger partial charge >= 0.3 is 54.9 Å². The zero-order valence-electron chi connectivity index (χ0n) is 11.4. The third-order valence-electron chi connectivity index (χ3n) is 0.798. The number of hydrogen-bond donors (Lipinski definition) is 6. The maximum absolute atomic E-state index is 9.37. The molecule has 18 nitrogen and oxygen atoms in total. The van der Waals surface area contributed by atoms with Crippen LogP contribution in [0.15, 0.2) is 0 Å². The molecule has 2 atom stereocenters. The highest BCUT2D eigenvalue weighted by Gasteiger charge is 2.23. The lowest BCUT2D eigenvalue weighted by Crippen LogP contribution is -2.11. The second-order valence-corrected chi connectivity index (χ2v) is 15.3. The Balaban J connectivity index is -0.0000000817. The van der Waals surface area contributed by atoms with Crippen molar-refractivity contribution < 1.29 is 77.8 Å².